The number of nitrogens with two attached hydrogens (primary N) is 1. The highest BCUT2D eigenvalue weighted by Crippen LogP contribution is 2.33. The second kappa shape index (κ2) is 5.78. The van der Waals surface area contributed by atoms with Gasteiger partial charge in [-0.3, -0.25) is 4.79 Å². The zero-order valence-electron chi connectivity index (χ0n) is 12.1. The van der Waals surface area contributed by atoms with Crippen LogP contribution in [0, 0.1) is 12.8 Å². The summed E-state index contributed by atoms with van der Waals surface area (Å²) in [5, 5.41) is 0. The van der Waals surface area contributed by atoms with Gasteiger partial charge in [0.25, 0.3) is 0 Å². The third-order valence-corrected chi connectivity index (χ3v) is 3.70. The first-order valence-corrected chi connectivity index (χ1v) is 7.07. The highest BCUT2D eigenvalue weighted by Gasteiger charge is 2.31. The Morgan fingerprint density at radius 1 is 1.47 bits per heavy atom. The maximum absolute atomic E-state index is 12.3. The molecule has 4 heteroatoms. The zero-order chi connectivity index (χ0) is 14.0. The van der Waals surface area contributed by atoms with Crippen LogP contribution in [0.5, 0.6) is 0 Å². The fourth-order valence-corrected chi connectivity index (χ4v) is 2.31. The summed E-state index contributed by atoms with van der Waals surface area (Å²) in [6, 6.07) is 4.03. The van der Waals surface area contributed by atoms with E-state index in [1.165, 1.54) is 12.8 Å². The van der Waals surface area contributed by atoms with Crippen molar-refractivity contribution >= 4 is 5.91 Å². The molecule has 2 N–H and O–H groups in total. The molecule has 0 aliphatic heterocycles. The van der Waals surface area contributed by atoms with Gasteiger partial charge in [-0.1, -0.05) is 0 Å². The second-order valence-corrected chi connectivity index (χ2v) is 5.83. The molecule has 1 aromatic heterocycles. The van der Waals surface area contributed by atoms with E-state index in [0.717, 1.165) is 11.5 Å². The summed E-state index contributed by atoms with van der Waals surface area (Å²) in [4.78, 5) is 14.2. The van der Waals surface area contributed by atoms with E-state index in [1.807, 2.05) is 37.8 Å². The van der Waals surface area contributed by atoms with E-state index in [-0.39, 0.29) is 18.0 Å². The van der Waals surface area contributed by atoms with Crippen molar-refractivity contribution in [2.24, 2.45) is 11.7 Å². The lowest BCUT2D eigenvalue weighted by Gasteiger charge is -2.27. The minimum Gasteiger partial charge on any atom is -0.464 e. The first kappa shape index (κ1) is 14.1. The minimum atomic E-state index is 0.0205. The van der Waals surface area contributed by atoms with Crippen LogP contribution in [0.25, 0.3) is 0 Å². The molecule has 0 spiro atoms. The fraction of sp³-hybridized carbons (Fsp3) is 0.667. The molecular weight excluding hydrogens is 240 g/mol. The van der Waals surface area contributed by atoms with Gasteiger partial charge in [0.05, 0.1) is 6.54 Å². The Labute approximate surface area is 114 Å². The summed E-state index contributed by atoms with van der Waals surface area (Å²) in [6.07, 6.45) is 2.80. The summed E-state index contributed by atoms with van der Waals surface area (Å²) in [5.74, 6) is 2.40. The topological polar surface area (TPSA) is 59.5 Å². The zero-order valence-corrected chi connectivity index (χ0v) is 12.1. The van der Waals surface area contributed by atoms with Gasteiger partial charge >= 0.3 is 0 Å². The molecule has 1 amide bonds. The van der Waals surface area contributed by atoms with E-state index in [1.54, 1.807) is 0 Å². The Hall–Kier alpha value is -1.29. The predicted octanol–water partition coefficient (Wildman–Crippen LogP) is 2.45. The minimum absolute atomic E-state index is 0.0205. The summed E-state index contributed by atoms with van der Waals surface area (Å²) < 4.78 is 5.55. The van der Waals surface area contributed by atoms with Crippen LogP contribution in [-0.4, -0.2) is 22.9 Å². The number of hydrogen-bond acceptors (Lipinski definition) is 3. The average Bonchev–Trinajstić information content (AvgIpc) is 3.10. The van der Waals surface area contributed by atoms with Gasteiger partial charge in [-0.15, -0.1) is 0 Å². The van der Waals surface area contributed by atoms with Crippen LogP contribution in [0.2, 0.25) is 0 Å². The monoisotopic (exact) mass is 264 g/mol. The molecule has 0 aromatic carbocycles. The lowest BCUT2D eigenvalue weighted by Crippen LogP contribution is -2.40. The Morgan fingerprint density at radius 2 is 2.16 bits per heavy atom. The molecule has 1 unspecified atom stereocenters. The normalized spacial score (nSPS) is 16.7. The standard InChI is InChI=1S/C15H24N2O2/c1-10(2)17(9-13-7-4-11(3)19-13)15(18)8-14(16)12-5-6-12/h4,7,10,12,14H,5-6,8-9,16H2,1-3H3. The van der Waals surface area contributed by atoms with Crippen molar-refractivity contribution in [2.45, 2.75) is 58.7 Å². The maximum atomic E-state index is 12.3. The molecular formula is C15H24N2O2. The van der Waals surface area contributed by atoms with Crippen LogP contribution in [0.15, 0.2) is 16.5 Å². The van der Waals surface area contributed by atoms with Crippen LogP contribution in [0.1, 0.15) is 44.6 Å². The van der Waals surface area contributed by atoms with E-state index in [9.17, 15) is 4.79 Å². The molecule has 0 radical (unpaired) electrons. The van der Waals surface area contributed by atoms with E-state index >= 15 is 0 Å². The van der Waals surface area contributed by atoms with Crippen LogP contribution >= 0.6 is 0 Å². The number of aryl methyl sites for hydroxylation is 1. The van der Waals surface area contributed by atoms with Gasteiger partial charge in [-0.25, -0.2) is 0 Å². The van der Waals surface area contributed by atoms with Gasteiger partial charge in [-0.05, 0) is 51.7 Å². The fourth-order valence-electron chi connectivity index (χ4n) is 2.31. The lowest BCUT2D eigenvalue weighted by atomic mass is 10.1. The van der Waals surface area contributed by atoms with Crippen molar-refractivity contribution in [3.63, 3.8) is 0 Å². The van der Waals surface area contributed by atoms with Gasteiger partial charge in [0.15, 0.2) is 0 Å². The van der Waals surface area contributed by atoms with Crippen molar-refractivity contribution in [1.82, 2.24) is 4.90 Å². The van der Waals surface area contributed by atoms with Gasteiger partial charge in [-0.2, -0.15) is 0 Å². The van der Waals surface area contributed by atoms with Crippen molar-refractivity contribution in [3.8, 4) is 0 Å². The molecule has 1 aliphatic rings. The van der Waals surface area contributed by atoms with Gasteiger partial charge in [0.1, 0.15) is 11.5 Å². The Balaban J connectivity index is 1.96. The smallest absolute Gasteiger partial charge is 0.224 e. The van der Waals surface area contributed by atoms with Crippen LogP contribution < -0.4 is 5.73 Å². The molecule has 19 heavy (non-hydrogen) atoms. The molecule has 1 fully saturated rings. The van der Waals surface area contributed by atoms with Crippen molar-refractivity contribution in [1.29, 1.82) is 0 Å². The van der Waals surface area contributed by atoms with Crippen molar-refractivity contribution < 1.29 is 9.21 Å². The van der Waals surface area contributed by atoms with Crippen LogP contribution in [-0.2, 0) is 11.3 Å². The first-order chi connectivity index (χ1) is 8.97. The molecule has 1 saturated carbocycles. The number of rotatable bonds is 6. The molecule has 1 aromatic rings. The molecule has 2 rings (SSSR count). The molecule has 0 saturated heterocycles. The van der Waals surface area contributed by atoms with Crippen molar-refractivity contribution in [2.75, 3.05) is 0 Å². The van der Waals surface area contributed by atoms with Crippen LogP contribution in [0.3, 0.4) is 0 Å². The quantitative estimate of drug-likeness (QED) is 0.858. The third kappa shape index (κ3) is 3.83. The molecule has 106 valence electrons. The summed E-state index contributed by atoms with van der Waals surface area (Å²) in [6.45, 7) is 6.49. The van der Waals surface area contributed by atoms with E-state index in [2.05, 4.69) is 0 Å². The number of amides is 1. The van der Waals surface area contributed by atoms with E-state index < -0.39 is 0 Å². The average molecular weight is 264 g/mol. The highest BCUT2D eigenvalue weighted by molar-refractivity contribution is 5.77. The highest BCUT2D eigenvalue weighted by atomic mass is 16.3. The maximum Gasteiger partial charge on any atom is 0.224 e. The summed E-state index contributed by atoms with van der Waals surface area (Å²) >= 11 is 0. The number of carbonyl (C=O) groups excluding carboxylic acids is 1. The van der Waals surface area contributed by atoms with Gasteiger partial charge in [0.2, 0.25) is 5.91 Å². The Bertz CT molecular complexity index is 435. The predicted molar refractivity (Wildman–Crippen MR) is 74.4 cm³/mol. The molecule has 0 bridgehead atoms. The van der Waals surface area contributed by atoms with E-state index in [4.69, 9.17) is 10.2 Å². The third-order valence-electron chi connectivity index (χ3n) is 3.70. The summed E-state index contributed by atoms with van der Waals surface area (Å²) in [5.41, 5.74) is 6.04. The van der Waals surface area contributed by atoms with Crippen molar-refractivity contribution in [3.05, 3.63) is 23.7 Å². The van der Waals surface area contributed by atoms with E-state index in [0.29, 0.717) is 18.9 Å². The molecule has 4 nitrogen and oxygen atoms in total. The SMILES string of the molecule is Cc1ccc(CN(C(=O)CC(N)C2CC2)C(C)C)o1. The largest absolute Gasteiger partial charge is 0.464 e. The number of nitrogens with zero attached hydrogens (tertiary/aromatic N) is 1. The Morgan fingerprint density at radius 3 is 2.63 bits per heavy atom. The number of hydrogen-bond donors (Lipinski definition) is 1. The molecule has 1 atom stereocenters. The van der Waals surface area contributed by atoms with Gasteiger partial charge < -0.3 is 15.1 Å². The van der Waals surface area contributed by atoms with Crippen LogP contribution in [0.4, 0.5) is 0 Å². The first-order valence-electron chi connectivity index (χ1n) is 7.07. The second-order valence-electron chi connectivity index (χ2n) is 5.83. The Kier molecular flexibility index (Phi) is 4.30. The molecule has 1 aliphatic carbocycles. The molecule has 1 heterocycles. The van der Waals surface area contributed by atoms with Gasteiger partial charge in [0, 0.05) is 18.5 Å². The summed E-state index contributed by atoms with van der Waals surface area (Å²) in [7, 11) is 0. The number of furan rings is 1. The lowest BCUT2D eigenvalue weighted by molar-refractivity contribution is -0.134. The number of carbonyl (C=O) groups is 1.